The van der Waals surface area contributed by atoms with Crippen molar-refractivity contribution < 1.29 is 14.3 Å². The molecule has 3 aromatic rings. The Morgan fingerprint density at radius 3 is 2.35 bits per heavy atom. The lowest BCUT2D eigenvalue weighted by molar-refractivity contribution is 0.103. The predicted molar refractivity (Wildman–Crippen MR) is 88.0 cm³/mol. The van der Waals surface area contributed by atoms with E-state index in [1.807, 2.05) is 30.3 Å². The van der Waals surface area contributed by atoms with Gasteiger partial charge in [0.05, 0.1) is 12.8 Å². The molecule has 0 spiro atoms. The van der Waals surface area contributed by atoms with Gasteiger partial charge in [0.15, 0.2) is 12.1 Å². The van der Waals surface area contributed by atoms with Crippen LogP contribution < -0.4 is 4.74 Å². The second-order valence-electron chi connectivity index (χ2n) is 5.03. The molecule has 0 bridgehead atoms. The molecule has 2 aromatic carbocycles. The van der Waals surface area contributed by atoms with E-state index in [1.165, 1.54) is 0 Å². The van der Waals surface area contributed by atoms with Gasteiger partial charge in [-0.2, -0.15) is 0 Å². The van der Waals surface area contributed by atoms with Crippen molar-refractivity contribution in [3.63, 3.8) is 0 Å². The van der Waals surface area contributed by atoms with E-state index in [0.29, 0.717) is 28.1 Å². The molecule has 1 N–H and O–H groups in total. The number of nitrogens with one attached hydrogen (secondary N) is 1. The number of carbonyl (C=O) groups is 2. The van der Waals surface area contributed by atoms with Gasteiger partial charge in [0.25, 0.3) is 0 Å². The fourth-order valence-electron chi connectivity index (χ4n) is 2.53. The van der Waals surface area contributed by atoms with Crippen LogP contribution in [0.1, 0.15) is 26.4 Å². The van der Waals surface area contributed by atoms with Crippen molar-refractivity contribution in [3.8, 4) is 16.9 Å². The minimum absolute atomic E-state index is 0.124. The van der Waals surface area contributed by atoms with Gasteiger partial charge in [-0.25, -0.2) is 0 Å². The third-order valence-electron chi connectivity index (χ3n) is 3.69. The summed E-state index contributed by atoms with van der Waals surface area (Å²) in [7, 11) is 1.59. The molecular weight excluding hydrogens is 290 g/mol. The summed E-state index contributed by atoms with van der Waals surface area (Å²) < 4.78 is 5.15. The van der Waals surface area contributed by atoms with Crippen molar-refractivity contribution in [2.24, 2.45) is 0 Å². The Bertz CT molecular complexity index is 833. The fourth-order valence-corrected chi connectivity index (χ4v) is 2.53. The molecule has 0 aliphatic rings. The first-order valence-electron chi connectivity index (χ1n) is 7.15. The Labute approximate surface area is 133 Å². The Kier molecular flexibility index (Phi) is 4.06. The quantitative estimate of drug-likeness (QED) is 0.577. The lowest BCUT2D eigenvalue weighted by Crippen LogP contribution is -2.02. The maximum Gasteiger partial charge on any atom is 0.195 e. The molecule has 1 aromatic heterocycles. The van der Waals surface area contributed by atoms with Crippen molar-refractivity contribution in [1.82, 2.24) is 4.98 Å². The number of carbonyl (C=O) groups excluding carboxylic acids is 2. The highest BCUT2D eigenvalue weighted by molar-refractivity contribution is 6.14. The van der Waals surface area contributed by atoms with Crippen molar-refractivity contribution in [2.75, 3.05) is 7.11 Å². The van der Waals surface area contributed by atoms with Crippen LogP contribution in [0.15, 0.2) is 60.8 Å². The first-order chi connectivity index (χ1) is 11.2. The van der Waals surface area contributed by atoms with E-state index in [4.69, 9.17) is 4.74 Å². The van der Waals surface area contributed by atoms with E-state index in [-0.39, 0.29) is 5.78 Å². The van der Waals surface area contributed by atoms with Crippen LogP contribution in [0.5, 0.6) is 5.75 Å². The molecule has 4 heteroatoms. The van der Waals surface area contributed by atoms with Crippen molar-refractivity contribution in [2.45, 2.75) is 0 Å². The number of ether oxygens (including phenoxy) is 1. The zero-order valence-electron chi connectivity index (χ0n) is 12.6. The smallest absolute Gasteiger partial charge is 0.195 e. The van der Waals surface area contributed by atoms with Crippen LogP contribution in [0.4, 0.5) is 0 Å². The molecule has 0 saturated carbocycles. The van der Waals surface area contributed by atoms with E-state index in [9.17, 15) is 9.59 Å². The minimum Gasteiger partial charge on any atom is -0.497 e. The van der Waals surface area contributed by atoms with Gasteiger partial charge in [0.2, 0.25) is 0 Å². The minimum atomic E-state index is -0.124. The van der Waals surface area contributed by atoms with Gasteiger partial charge in [-0.3, -0.25) is 9.59 Å². The topological polar surface area (TPSA) is 59.2 Å². The SMILES string of the molecule is COc1ccc(-c2c(C(=O)c3ccccc3)c[nH]c2C=O)cc1. The summed E-state index contributed by atoms with van der Waals surface area (Å²) in [5, 5.41) is 0. The number of ketones is 1. The number of hydrogen-bond acceptors (Lipinski definition) is 3. The number of methoxy groups -OCH3 is 1. The second kappa shape index (κ2) is 6.32. The standard InChI is InChI=1S/C19H15NO3/c1-23-15-9-7-13(8-10-15)18-16(11-20-17(18)12-21)19(22)14-5-3-2-4-6-14/h2-12,20H,1H3. The highest BCUT2D eigenvalue weighted by atomic mass is 16.5. The second-order valence-corrected chi connectivity index (χ2v) is 5.03. The van der Waals surface area contributed by atoms with Gasteiger partial charge in [-0.15, -0.1) is 0 Å². The summed E-state index contributed by atoms with van der Waals surface area (Å²) in [5.74, 6) is 0.591. The molecule has 0 fully saturated rings. The van der Waals surface area contributed by atoms with E-state index in [0.717, 1.165) is 11.8 Å². The van der Waals surface area contributed by atoms with Crippen LogP contribution in [-0.2, 0) is 0 Å². The molecule has 3 rings (SSSR count). The molecule has 0 aliphatic carbocycles. The van der Waals surface area contributed by atoms with Gasteiger partial charge < -0.3 is 9.72 Å². The number of rotatable bonds is 5. The van der Waals surface area contributed by atoms with Crippen LogP contribution in [-0.4, -0.2) is 24.2 Å². The molecule has 0 amide bonds. The fraction of sp³-hybridized carbons (Fsp3) is 0.0526. The average Bonchev–Trinajstić information content (AvgIpc) is 3.06. The molecule has 114 valence electrons. The third-order valence-corrected chi connectivity index (χ3v) is 3.69. The average molecular weight is 305 g/mol. The van der Waals surface area contributed by atoms with Crippen LogP contribution >= 0.6 is 0 Å². The first-order valence-corrected chi connectivity index (χ1v) is 7.15. The lowest BCUT2D eigenvalue weighted by Gasteiger charge is -2.06. The Morgan fingerprint density at radius 1 is 1.04 bits per heavy atom. The van der Waals surface area contributed by atoms with E-state index < -0.39 is 0 Å². The van der Waals surface area contributed by atoms with Crippen LogP contribution in [0.2, 0.25) is 0 Å². The largest absolute Gasteiger partial charge is 0.497 e. The Hall–Kier alpha value is -3.14. The van der Waals surface area contributed by atoms with E-state index >= 15 is 0 Å². The number of benzene rings is 2. The molecule has 4 nitrogen and oxygen atoms in total. The van der Waals surface area contributed by atoms with Gasteiger partial charge in [0.1, 0.15) is 5.75 Å². The summed E-state index contributed by atoms with van der Waals surface area (Å²) >= 11 is 0. The molecule has 0 atom stereocenters. The maximum absolute atomic E-state index is 12.7. The molecule has 1 heterocycles. The van der Waals surface area contributed by atoms with Gasteiger partial charge in [-0.1, -0.05) is 42.5 Å². The van der Waals surface area contributed by atoms with Gasteiger partial charge >= 0.3 is 0 Å². The molecule has 0 radical (unpaired) electrons. The number of H-pyrrole nitrogens is 1. The monoisotopic (exact) mass is 305 g/mol. The summed E-state index contributed by atoms with van der Waals surface area (Å²) in [6, 6.07) is 16.3. The molecular formula is C19H15NO3. The van der Waals surface area contributed by atoms with E-state index in [2.05, 4.69) is 4.98 Å². The summed E-state index contributed by atoms with van der Waals surface area (Å²) in [6.07, 6.45) is 2.31. The number of aromatic amines is 1. The predicted octanol–water partition coefficient (Wildman–Crippen LogP) is 3.73. The Morgan fingerprint density at radius 2 is 1.74 bits per heavy atom. The normalized spacial score (nSPS) is 10.3. The van der Waals surface area contributed by atoms with Crippen molar-refractivity contribution in [1.29, 1.82) is 0 Å². The number of aromatic nitrogens is 1. The number of hydrogen-bond donors (Lipinski definition) is 1. The third kappa shape index (κ3) is 2.79. The summed E-state index contributed by atoms with van der Waals surface area (Å²) in [6.45, 7) is 0. The van der Waals surface area contributed by atoms with E-state index in [1.54, 1.807) is 37.6 Å². The van der Waals surface area contributed by atoms with Crippen LogP contribution in [0.3, 0.4) is 0 Å². The highest BCUT2D eigenvalue weighted by Crippen LogP contribution is 2.30. The van der Waals surface area contributed by atoms with Crippen molar-refractivity contribution in [3.05, 3.63) is 77.6 Å². The lowest BCUT2D eigenvalue weighted by atomic mass is 9.96. The number of aldehydes is 1. The van der Waals surface area contributed by atoms with Crippen LogP contribution in [0.25, 0.3) is 11.1 Å². The zero-order valence-corrected chi connectivity index (χ0v) is 12.6. The molecule has 0 aliphatic heterocycles. The maximum atomic E-state index is 12.7. The highest BCUT2D eigenvalue weighted by Gasteiger charge is 2.19. The van der Waals surface area contributed by atoms with Gasteiger partial charge in [-0.05, 0) is 17.7 Å². The zero-order chi connectivity index (χ0) is 16.2. The molecule has 0 saturated heterocycles. The molecule has 23 heavy (non-hydrogen) atoms. The Balaban J connectivity index is 2.10. The summed E-state index contributed by atoms with van der Waals surface area (Å²) in [5.41, 5.74) is 2.83. The van der Waals surface area contributed by atoms with Crippen LogP contribution in [0, 0.1) is 0 Å². The first kappa shape index (κ1) is 14.8. The summed E-state index contributed by atoms with van der Waals surface area (Å²) in [4.78, 5) is 26.9. The van der Waals surface area contributed by atoms with Gasteiger partial charge in [0, 0.05) is 22.9 Å². The molecule has 0 unspecified atom stereocenters. The van der Waals surface area contributed by atoms with Crippen molar-refractivity contribution >= 4 is 12.1 Å².